The number of hydrogen-bond acceptors (Lipinski definition) is 3. The Morgan fingerprint density at radius 2 is 1.70 bits per heavy atom. The van der Waals surface area contributed by atoms with Crippen LogP contribution in [0.5, 0.6) is 0 Å². The third kappa shape index (κ3) is 3.35. The lowest BCUT2D eigenvalue weighted by molar-refractivity contribution is -0.131. The summed E-state index contributed by atoms with van der Waals surface area (Å²) >= 11 is 0. The van der Waals surface area contributed by atoms with Gasteiger partial charge in [0.25, 0.3) is 0 Å². The Morgan fingerprint density at radius 3 is 2.41 bits per heavy atom. The summed E-state index contributed by atoms with van der Waals surface area (Å²) in [5.74, 6) is -0.319. The third-order valence-corrected chi connectivity index (χ3v) is 5.62. The molecular formula is C22H25N3O2. The smallest absolute Gasteiger partial charge is 0.308 e. The van der Waals surface area contributed by atoms with Crippen LogP contribution in [0.1, 0.15) is 31.2 Å². The van der Waals surface area contributed by atoms with Gasteiger partial charge < -0.3 is 4.90 Å². The van der Waals surface area contributed by atoms with E-state index in [1.54, 1.807) is 4.90 Å². The second-order valence-electron chi connectivity index (χ2n) is 7.30. The molecule has 2 aliphatic rings. The molecule has 2 fully saturated rings. The molecule has 0 radical (unpaired) electrons. The van der Waals surface area contributed by atoms with E-state index >= 15 is 0 Å². The highest BCUT2D eigenvalue weighted by Gasteiger charge is 2.47. The molecule has 3 amide bonds. The fourth-order valence-corrected chi connectivity index (χ4v) is 4.34. The summed E-state index contributed by atoms with van der Waals surface area (Å²) in [7, 11) is 0. The number of fused-ring (bicyclic) bond motifs is 1. The molecule has 3 unspecified atom stereocenters. The monoisotopic (exact) mass is 363 g/mol. The molecule has 27 heavy (non-hydrogen) atoms. The number of amides is 3. The van der Waals surface area contributed by atoms with Crippen molar-refractivity contribution in [3.8, 4) is 11.1 Å². The molecule has 0 spiro atoms. The lowest BCUT2D eigenvalue weighted by atomic mass is 9.77. The highest BCUT2D eigenvalue weighted by Crippen LogP contribution is 2.37. The SMILES string of the molecule is CCCN1C(=O)NC(=O)C2C(c3ccc(-c4ccccc4)cc3)CCNC21. The molecule has 2 aliphatic heterocycles. The van der Waals surface area contributed by atoms with Gasteiger partial charge in [-0.1, -0.05) is 61.5 Å². The molecule has 0 saturated carbocycles. The van der Waals surface area contributed by atoms with Crippen LogP contribution >= 0.6 is 0 Å². The Kier molecular flexibility index (Phi) is 4.94. The van der Waals surface area contributed by atoms with E-state index < -0.39 is 0 Å². The summed E-state index contributed by atoms with van der Waals surface area (Å²) in [5, 5.41) is 5.96. The Balaban J connectivity index is 1.61. The van der Waals surface area contributed by atoms with E-state index in [9.17, 15) is 9.59 Å². The molecule has 0 bridgehead atoms. The number of carbonyl (C=O) groups is 2. The molecule has 2 N–H and O–H groups in total. The van der Waals surface area contributed by atoms with Gasteiger partial charge in [-0.3, -0.25) is 15.4 Å². The summed E-state index contributed by atoms with van der Waals surface area (Å²) in [6, 6.07) is 18.5. The van der Waals surface area contributed by atoms with Crippen molar-refractivity contribution in [1.29, 1.82) is 0 Å². The first-order valence-corrected chi connectivity index (χ1v) is 9.69. The van der Waals surface area contributed by atoms with E-state index in [2.05, 4.69) is 47.0 Å². The molecule has 2 aromatic rings. The largest absolute Gasteiger partial charge is 0.325 e. The van der Waals surface area contributed by atoms with Crippen LogP contribution in [0.3, 0.4) is 0 Å². The van der Waals surface area contributed by atoms with Crippen LogP contribution in [-0.4, -0.2) is 36.1 Å². The minimum Gasteiger partial charge on any atom is -0.308 e. The molecule has 2 aromatic carbocycles. The minimum atomic E-state index is -0.282. The molecule has 2 saturated heterocycles. The first-order valence-electron chi connectivity index (χ1n) is 9.69. The quantitative estimate of drug-likeness (QED) is 0.876. The molecule has 140 valence electrons. The number of carbonyl (C=O) groups excluding carboxylic acids is 2. The predicted octanol–water partition coefficient (Wildman–Crippen LogP) is 3.33. The minimum absolute atomic E-state index is 0.105. The number of nitrogens with one attached hydrogen (secondary N) is 2. The number of hydrogen-bond donors (Lipinski definition) is 2. The molecule has 0 aromatic heterocycles. The normalized spacial score (nSPS) is 25.1. The summed E-state index contributed by atoms with van der Waals surface area (Å²) in [4.78, 5) is 26.7. The number of rotatable bonds is 4. The second kappa shape index (κ2) is 7.53. The van der Waals surface area contributed by atoms with E-state index in [4.69, 9.17) is 0 Å². The van der Waals surface area contributed by atoms with Gasteiger partial charge in [0.15, 0.2) is 0 Å². The molecule has 3 atom stereocenters. The van der Waals surface area contributed by atoms with Gasteiger partial charge in [0.05, 0.1) is 12.1 Å². The van der Waals surface area contributed by atoms with Crippen LogP contribution in [0.4, 0.5) is 4.79 Å². The average Bonchev–Trinajstić information content (AvgIpc) is 2.71. The second-order valence-corrected chi connectivity index (χ2v) is 7.30. The molecule has 0 aliphatic carbocycles. The topological polar surface area (TPSA) is 61.4 Å². The van der Waals surface area contributed by atoms with Crippen LogP contribution in [-0.2, 0) is 4.79 Å². The average molecular weight is 363 g/mol. The van der Waals surface area contributed by atoms with Crippen molar-refractivity contribution in [2.24, 2.45) is 5.92 Å². The van der Waals surface area contributed by atoms with Gasteiger partial charge in [0.2, 0.25) is 5.91 Å². The van der Waals surface area contributed by atoms with Crippen molar-refractivity contribution in [3.63, 3.8) is 0 Å². The zero-order chi connectivity index (χ0) is 18.8. The Bertz CT molecular complexity index is 819. The first kappa shape index (κ1) is 17.7. The molecule has 4 rings (SSSR count). The number of imide groups is 1. The summed E-state index contributed by atoms with van der Waals surface area (Å²) in [6.07, 6.45) is 1.52. The number of nitrogens with zero attached hydrogens (tertiary/aromatic N) is 1. The number of benzene rings is 2. The van der Waals surface area contributed by atoms with Crippen LogP contribution in [0.15, 0.2) is 54.6 Å². The van der Waals surface area contributed by atoms with Crippen LogP contribution in [0.2, 0.25) is 0 Å². The van der Waals surface area contributed by atoms with Crippen molar-refractivity contribution in [2.75, 3.05) is 13.1 Å². The van der Waals surface area contributed by atoms with Gasteiger partial charge in [-0.25, -0.2) is 4.79 Å². The Hall–Kier alpha value is -2.66. The summed E-state index contributed by atoms with van der Waals surface area (Å²) in [5.41, 5.74) is 3.51. The van der Waals surface area contributed by atoms with Crippen molar-refractivity contribution in [2.45, 2.75) is 31.8 Å². The van der Waals surface area contributed by atoms with Crippen LogP contribution < -0.4 is 10.6 Å². The van der Waals surface area contributed by atoms with Gasteiger partial charge in [0.1, 0.15) is 0 Å². The van der Waals surface area contributed by atoms with Crippen LogP contribution in [0.25, 0.3) is 11.1 Å². The zero-order valence-corrected chi connectivity index (χ0v) is 15.5. The fourth-order valence-electron chi connectivity index (χ4n) is 4.34. The Morgan fingerprint density at radius 1 is 1.00 bits per heavy atom. The van der Waals surface area contributed by atoms with Gasteiger partial charge in [-0.15, -0.1) is 0 Å². The molecule has 5 nitrogen and oxygen atoms in total. The highest BCUT2D eigenvalue weighted by atomic mass is 16.2. The van der Waals surface area contributed by atoms with Crippen LogP contribution in [0, 0.1) is 5.92 Å². The predicted molar refractivity (Wildman–Crippen MR) is 105 cm³/mol. The maximum Gasteiger partial charge on any atom is 0.325 e. The maximum absolute atomic E-state index is 12.7. The first-order chi connectivity index (χ1) is 13.2. The molecular weight excluding hydrogens is 338 g/mol. The van der Waals surface area contributed by atoms with Gasteiger partial charge in [0, 0.05) is 12.5 Å². The standard InChI is InChI=1S/C22H25N3O2/c1-2-14-25-20-19(21(26)24-22(25)27)18(12-13-23-20)17-10-8-16(9-11-17)15-6-4-3-5-7-15/h3-11,18-20,23H,2,12-14H2,1H3,(H,24,26,27). The molecule has 5 heteroatoms. The lowest BCUT2D eigenvalue weighted by Crippen LogP contribution is -2.68. The van der Waals surface area contributed by atoms with Gasteiger partial charge in [-0.2, -0.15) is 0 Å². The maximum atomic E-state index is 12.7. The van der Waals surface area contributed by atoms with Crippen molar-refractivity contribution >= 4 is 11.9 Å². The molecule has 2 heterocycles. The van der Waals surface area contributed by atoms with E-state index in [1.807, 2.05) is 25.1 Å². The van der Waals surface area contributed by atoms with Crippen molar-refractivity contribution in [3.05, 3.63) is 60.2 Å². The van der Waals surface area contributed by atoms with Gasteiger partial charge in [-0.05, 0) is 36.1 Å². The van der Waals surface area contributed by atoms with E-state index in [1.165, 1.54) is 11.1 Å². The van der Waals surface area contributed by atoms with E-state index in [-0.39, 0.29) is 29.9 Å². The summed E-state index contributed by atoms with van der Waals surface area (Å²) < 4.78 is 0. The summed E-state index contributed by atoms with van der Waals surface area (Å²) in [6.45, 7) is 3.49. The van der Waals surface area contributed by atoms with Crippen molar-refractivity contribution < 1.29 is 9.59 Å². The van der Waals surface area contributed by atoms with E-state index in [0.29, 0.717) is 6.54 Å². The lowest BCUT2D eigenvalue weighted by Gasteiger charge is -2.46. The van der Waals surface area contributed by atoms with E-state index in [0.717, 1.165) is 24.9 Å². The third-order valence-electron chi connectivity index (χ3n) is 5.62. The zero-order valence-electron chi connectivity index (χ0n) is 15.5. The number of piperidine rings is 1. The van der Waals surface area contributed by atoms with Gasteiger partial charge >= 0.3 is 6.03 Å². The fraction of sp³-hybridized carbons (Fsp3) is 0.364. The Labute approximate surface area is 159 Å². The van der Waals surface area contributed by atoms with Crippen molar-refractivity contribution in [1.82, 2.24) is 15.5 Å². The highest BCUT2D eigenvalue weighted by molar-refractivity contribution is 5.99. The number of urea groups is 1.